The lowest BCUT2D eigenvalue weighted by atomic mass is 10.3. The Morgan fingerprint density at radius 1 is 1.26 bits per heavy atom. The summed E-state index contributed by atoms with van der Waals surface area (Å²) in [7, 11) is 0. The number of aryl methyl sites for hydroxylation is 1. The monoisotopic (exact) mass is 294 g/mol. The van der Waals surface area contributed by atoms with Crippen molar-refractivity contribution in [3.05, 3.63) is 41.3 Å². The SMILES string of the molecule is CCCc1nc(Cl)cc(Oc2ccccc2SC)n1. The predicted octanol–water partition coefficient (Wildman–Crippen LogP) is 4.60. The van der Waals surface area contributed by atoms with E-state index in [1.165, 1.54) is 0 Å². The molecular formula is C14H15ClN2OS. The number of aromatic nitrogens is 2. The summed E-state index contributed by atoms with van der Waals surface area (Å²) in [6, 6.07) is 9.48. The first-order valence-corrected chi connectivity index (χ1v) is 7.67. The molecule has 0 saturated heterocycles. The maximum Gasteiger partial charge on any atom is 0.224 e. The van der Waals surface area contributed by atoms with E-state index in [4.69, 9.17) is 16.3 Å². The number of benzene rings is 1. The van der Waals surface area contributed by atoms with E-state index in [1.807, 2.05) is 30.5 Å². The molecule has 0 atom stereocenters. The van der Waals surface area contributed by atoms with Gasteiger partial charge in [0, 0.05) is 17.4 Å². The lowest BCUT2D eigenvalue weighted by Gasteiger charge is -2.09. The van der Waals surface area contributed by atoms with Crippen LogP contribution in [0.3, 0.4) is 0 Å². The van der Waals surface area contributed by atoms with Gasteiger partial charge < -0.3 is 4.74 Å². The van der Waals surface area contributed by atoms with E-state index in [0.717, 1.165) is 23.5 Å². The quantitative estimate of drug-likeness (QED) is 0.596. The second kappa shape index (κ2) is 6.78. The van der Waals surface area contributed by atoms with Gasteiger partial charge in [-0.3, -0.25) is 0 Å². The van der Waals surface area contributed by atoms with Crippen LogP contribution in [0, 0.1) is 0 Å². The van der Waals surface area contributed by atoms with Crippen molar-refractivity contribution < 1.29 is 4.74 Å². The second-order valence-corrected chi connectivity index (χ2v) is 5.18. The summed E-state index contributed by atoms with van der Waals surface area (Å²) in [5.41, 5.74) is 0. The topological polar surface area (TPSA) is 35.0 Å². The van der Waals surface area contributed by atoms with Crippen LogP contribution in [0.5, 0.6) is 11.6 Å². The molecule has 2 aromatic rings. The number of para-hydroxylation sites is 1. The third kappa shape index (κ3) is 3.85. The van der Waals surface area contributed by atoms with E-state index in [-0.39, 0.29) is 0 Å². The summed E-state index contributed by atoms with van der Waals surface area (Å²) >= 11 is 7.62. The number of rotatable bonds is 5. The molecule has 0 radical (unpaired) electrons. The van der Waals surface area contributed by atoms with Gasteiger partial charge in [0.05, 0.1) is 0 Å². The fourth-order valence-corrected chi connectivity index (χ4v) is 2.36. The molecule has 0 amide bonds. The molecule has 0 N–H and O–H groups in total. The Labute approximate surface area is 122 Å². The Hall–Kier alpha value is -1.26. The highest BCUT2D eigenvalue weighted by molar-refractivity contribution is 7.98. The van der Waals surface area contributed by atoms with Crippen LogP contribution in [0.4, 0.5) is 0 Å². The number of ether oxygens (including phenoxy) is 1. The first-order chi connectivity index (χ1) is 9.22. The van der Waals surface area contributed by atoms with Gasteiger partial charge in [-0.15, -0.1) is 11.8 Å². The Kier molecular flexibility index (Phi) is 5.05. The summed E-state index contributed by atoms with van der Waals surface area (Å²) in [6.45, 7) is 2.08. The van der Waals surface area contributed by atoms with Crippen molar-refractivity contribution in [1.29, 1.82) is 0 Å². The number of nitrogens with zero attached hydrogens (tertiary/aromatic N) is 2. The highest BCUT2D eigenvalue weighted by Gasteiger charge is 2.07. The lowest BCUT2D eigenvalue weighted by molar-refractivity contribution is 0.448. The second-order valence-electron chi connectivity index (χ2n) is 3.95. The largest absolute Gasteiger partial charge is 0.438 e. The molecule has 0 spiro atoms. The third-order valence-electron chi connectivity index (χ3n) is 2.47. The summed E-state index contributed by atoms with van der Waals surface area (Å²) < 4.78 is 5.81. The van der Waals surface area contributed by atoms with Gasteiger partial charge in [0.2, 0.25) is 5.88 Å². The third-order valence-corrected chi connectivity index (χ3v) is 3.45. The van der Waals surface area contributed by atoms with Crippen LogP contribution >= 0.6 is 23.4 Å². The van der Waals surface area contributed by atoms with Gasteiger partial charge in [-0.25, -0.2) is 4.98 Å². The molecule has 1 aromatic carbocycles. The van der Waals surface area contributed by atoms with Crippen molar-refractivity contribution in [2.45, 2.75) is 24.7 Å². The van der Waals surface area contributed by atoms with Crippen LogP contribution in [-0.4, -0.2) is 16.2 Å². The van der Waals surface area contributed by atoms with Crippen LogP contribution in [-0.2, 0) is 6.42 Å². The molecule has 100 valence electrons. The Morgan fingerprint density at radius 2 is 2.05 bits per heavy atom. The van der Waals surface area contributed by atoms with Crippen molar-refractivity contribution >= 4 is 23.4 Å². The molecule has 0 saturated carbocycles. The molecule has 0 aliphatic rings. The average molecular weight is 295 g/mol. The minimum Gasteiger partial charge on any atom is -0.438 e. The first-order valence-electron chi connectivity index (χ1n) is 6.07. The number of hydrogen-bond acceptors (Lipinski definition) is 4. The normalized spacial score (nSPS) is 10.5. The molecule has 0 aliphatic heterocycles. The summed E-state index contributed by atoms with van der Waals surface area (Å²) in [4.78, 5) is 9.61. The van der Waals surface area contributed by atoms with E-state index < -0.39 is 0 Å². The van der Waals surface area contributed by atoms with Gasteiger partial charge in [0.25, 0.3) is 0 Å². The minimum atomic E-state index is 0.412. The highest BCUT2D eigenvalue weighted by Crippen LogP contribution is 2.31. The van der Waals surface area contributed by atoms with Gasteiger partial charge in [-0.2, -0.15) is 4.98 Å². The number of hydrogen-bond donors (Lipinski definition) is 0. The zero-order valence-electron chi connectivity index (χ0n) is 10.9. The minimum absolute atomic E-state index is 0.412. The molecular weight excluding hydrogens is 280 g/mol. The van der Waals surface area contributed by atoms with E-state index in [2.05, 4.69) is 16.9 Å². The first kappa shape index (κ1) is 14.2. The number of halogens is 1. The van der Waals surface area contributed by atoms with Crippen molar-refractivity contribution in [1.82, 2.24) is 9.97 Å². The van der Waals surface area contributed by atoms with Crippen LogP contribution in [0.2, 0.25) is 5.15 Å². The predicted molar refractivity (Wildman–Crippen MR) is 79.3 cm³/mol. The van der Waals surface area contributed by atoms with Gasteiger partial charge in [-0.1, -0.05) is 30.7 Å². The fourth-order valence-electron chi connectivity index (χ4n) is 1.65. The summed E-state index contributed by atoms with van der Waals surface area (Å²) in [5.74, 6) is 1.99. The zero-order chi connectivity index (χ0) is 13.7. The molecule has 1 heterocycles. The molecule has 0 bridgehead atoms. The van der Waals surface area contributed by atoms with Gasteiger partial charge in [0.1, 0.15) is 16.7 Å². The van der Waals surface area contributed by atoms with Crippen LogP contribution in [0.25, 0.3) is 0 Å². The van der Waals surface area contributed by atoms with Crippen molar-refractivity contribution in [3.8, 4) is 11.6 Å². The van der Waals surface area contributed by atoms with Crippen molar-refractivity contribution in [3.63, 3.8) is 0 Å². The Morgan fingerprint density at radius 3 is 2.79 bits per heavy atom. The molecule has 19 heavy (non-hydrogen) atoms. The summed E-state index contributed by atoms with van der Waals surface area (Å²) in [6.07, 6.45) is 3.78. The molecule has 0 unspecified atom stereocenters. The van der Waals surface area contributed by atoms with Gasteiger partial charge in [-0.05, 0) is 24.8 Å². The smallest absolute Gasteiger partial charge is 0.224 e. The highest BCUT2D eigenvalue weighted by atomic mass is 35.5. The fraction of sp³-hybridized carbons (Fsp3) is 0.286. The Bertz CT molecular complexity index is 563. The molecule has 5 heteroatoms. The van der Waals surface area contributed by atoms with E-state index in [9.17, 15) is 0 Å². The molecule has 3 nitrogen and oxygen atoms in total. The van der Waals surface area contributed by atoms with Gasteiger partial charge in [0.15, 0.2) is 0 Å². The number of thioether (sulfide) groups is 1. The van der Waals surface area contributed by atoms with Crippen LogP contribution < -0.4 is 4.74 Å². The Balaban J connectivity index is 2.27. The standard InChI is InChI=1S/C14H15ClN2OS/c1-3-6-13-16-12(15)9-14(17-13)18-10-7-4-5-8-11(10)19-2/h4-5,7-9H,3,6H2,1-2H3. The van der Waals surface area contributed by atoms with E-state index in [0.29, 0.717) is 16.9 Å². The molecule has 0 aliphatic carbocycles. The van der Waals surface area contributed by atoms with Crippen LogP contribution in [0.15, 0.2) is 35.2 Å². The lowest BCUT2D eigenvalue weighted by Crippen LogP contribution is -1.98. The van der Waals surface area contributed by atoms with Gasteiger partial charge >= 0.3 is 0 Å². The van der Waals surface area contributed by atoms with Crippen molar-refractivity contribution in [2.75, 3.05) is 6.26 Å². The molecule has 1 aromatic heterocycles. The van der Waals surface area contributed by atoms with Crippen molar-refractivity contribution in [2.24, 2.45) is 0 Å². The van der Waals surface area contributed by atoms with E-state index in [1.54, 1.807) is 17.8 Å². The molecule has 2 rings (SSSR count). The zero-order valence-corrected chi connectivity index (χ0v) is 12.5. The summed E-state index contributed by atoms with van der Waals surface area (Å²) in [5, 5.41) is 0.412. The molecule has 0 fully saturated rings. The van der Waals surface area contributed by atoms with Crippen LogP contribution in [0.1, 0.15) is 19.2 Å². The maximum absolute atomic E-state index is 5.99. The van der Waals surface area contributed by atoms with E-state index >= 15 is 0 Å². The average Bonchev–Trinajstić information content (AvgIpc) is 2.39. The maximum atomic E-state index is 5.99.